The summed E-state index contributed by atoms with van der Waals surface area (Å²) in [5, 5.41) is 1.28. The third kappa shape index (κ3) is 2.30. The fraction of sp³-hybridized carbons (Fsp3) is 0.727. The van der Waals surface area contributed by atoms with Crippen molar-refractivity contribution in [1.29, 1.82) is 0 Å². The van der Waals surface area contributed by atoms with Gasteiger partial charge in [-0.15, -0.1) is 11.8 Å². The molecule has 0 amide bonds. The van der Waals surface area contributed by atoms with Crippen molar-refractivity contribution in [3.05, 3.63) is 0 Å². The largest absolute Gasteiger partial charge is 0.382 e. The average Bonchev–Trinajstić information content (AvgIpc) is 2.70. The molecule has 2 heterocycles. The Kier molecular flexibility index (Phi) is 3.97. The molecule has 5 heteroatoms. The third-order valence-electron chi connectivity index (χ3n) is 3.25. The monoisotopic (exact) mass is 257 g/mol. The first kappa shape index (κ1) is 12.0. The van der Waals surface area contributed by atoms with E-state index < -0.39 is 0 Å². The second-order valence-electron chi connectivity index (χ2n) is 4.27. The minimum absolute atomic E-state index is 0.700. The minimum atomic E-state index is 0.700. The number of piperidine rings is 1. The Morgan fingerprint density at radius 1 is 1.62 bits per heavy atom. The van der Waals surface area contributed by atoms with Crippen molar-refractivity contribution >= 4 is 34.1 Å². The van der Waals surface area contributed by atoms with Crippen LogP contribution in [0.2, 0.25) is 0 Å². The van der Waals surface area contributed by atoms with Gasteiger partial charge in [-0.3, -0.25) is 0 Å². The summed E-state index contributed by atoms with van der Waals surface area (Å²) in [5.41, 5.74) is 5.88. The summed E-state index contributed by atoms with van der Waals surface area (Å²) >= 11 is 3.26. The Hall–Kier alpha value is -0.420. The van der Waals surface area contributed by atoms with Crippen LogP contribution in [0, 0.1) is 5.92 Å². The molecule has 90 valence electrons. The second kappa shape index (κ2) is 5.27. The smallest absolute Gasteiger partial charge is 0.153 e. The first-order valence-corrected chi connectivity index (χ1v) is 7.80. The van der Waals surface area contributed by atoms with Crippen molar-refractivity contribution in [2.45, 2.75) is 31.1 Å². The molecule has 1 fully saturated rings. The van der Waals surface area contributed by atoms with Crippen LogP contribution in [0.3, 0.4) is 0 Å². The van der Waals surface area contributed by atoms with Gasteiger partial charge in [0.2, 0.25) is 0 Å². The van der Waals surface area contributed by atoms with E-state index in [1.165, 1.54) is 35.7 Å². The predicted molar refractivity (Wildman–Crippen MR) is 73.5 cm³/mol. The lowest BCUT2D eigenvalue weighted by molar-refractivity contribution is 0.405. The number of hydrogen-bond acceptors (Lipinski definition) is 5. The molecular weight excluding hydrogens is 238 g/mol. The van der Waals surface area contributed by atoms with Gasteiger partial charge in [0.05, 0.1) is 4.90 Å². The maximum absolute atomic E-state index is 5.88. The number of hydrogen-bond donors (Lipinski definition) is 1. The molecule has 1 aromatic rings. The molecule has 0 aliphatic carbocycles. The lowest BCUT2D eigenvalue weighted by Crippen LogP contribution is -2.34. The van der Waals surface area contributed by atoms with Crippen LogP contribution < -0.4 is 10.6 Å². The normalized spacial score (nSPS) is 21.4. The van der Waals surface area contributed by atoms with Gasteiger partial charge < -0.3 is 10.6 Å². The molecule has 0 aromatic carbocycles. The van der Waals surface area contributed by atoms with Gasteiger partial charge in [0.1, 0.15) is 5.00 Å². The molecule has 1 saturated heterocycles. The maximum Gasteiger partial charge on any atom is 0.153 e. The first-order valence-electron chi connectivity index (χ1n) is 5.80. The van der Waals surface area contributed by atoms with Crippen molar-refractivity contribution in [2.24, 2.45) is 5.92 Å². The van der Waals surface area contributed by atoms with E-state index in [4.69, 9.17) is 5.73 Å². The number of nitrogens with two attached hydrogens (primary N) is 1. The van der Waals surface area contributed by atoms with E-state index in [1.807, 2.05) is 0 Å². The molecule has 1 atom stereocenters. The summed E-state index contributed by atoms with van der Waals surface area (Å²) in [7, 11) is 0. The van der Waals surface area contributed by atoms with Gasteiger partial charge in [0.25, 0.3) is 0 Å². The molecule has 0 radical (unpaired) electrons. The Balaban J connectivity index is 2.16. The molecule has 0 spiro atoms. The van der Waals surface area contributed by atoms with E-state index in [2.05, 4.69) is 22.5 Å². The number of aromatic nitrogens is 1. The number of rotatable bonds is 3. The molecular formula is C11H19N3S2. The molecule has 2 rings (SSSR count). The maximum atomic E-state index is 5.88. The quantitative estimate of drug-likeness (QED) is 0.845. The van der Waals surface area contributed by atoms with Gasteiger partial charge in [-0.05, 0) is 36.5 Å². The van der Waals surface area contributed by atoms with Crippen LogP contribution in [0.1, 0.15) is 26.2 Å². The van der Waals surface area contributed by atoms with Crippen LogP contribution in [-0.4, -0.2) is 23.7 Å². The van der Waals surface area contributed by atoms with Crippen LogP contribution in [0.5, 0.6) is 0 Å². The van der Waals surface area contributed by atoms with Crippen LogP contribution in [0.15, 0.2) is 4.90 Å². The van der Waals surface area contributed by atoms with Crippen molar-refractivity contribution < 1.29 is 0 Å². The van der Waals surface area contributed by atoms with Gasteiger partial charge in [0.15, 0.2) is 5.82 Å². The summed E-state index contributed by atoms with van der Waals surface area (Å²) in [6.07, 6.45) is 6.02. The van der Waals surface area contributed by atoms with E-state index >= 15 is 0 Å². The molecule has 1 unspecified atom stereocenters. The lowest BCUT2D eigenvalue weighted by Gasteiger charge is -2.33. The number of anilines is 2. The van der Waals surface area contributed by atoms with E-state index in [1.54, 1.807) is 23.3 Å². The lowest BCUT2D eigenvalue weighted by atomic mass is 9.96. The molecule has 0 saturated carbocycles. The Morgan fingerprint density at radius 2 is 2.44 bits per heavy atom. The molecule has 0 bridgehead atoms. The van der Waals surface area contributed by atoms with Crippen molar-refractivity contribution in [3.63, 3.8) is 0 Å². The van der Waals surface area contributed by atoms with Crippen LogP contribution in [0.4, 0.5) is 10.8 Å². The molecule has 16 heavy (non-hydrogen) atoms. The predicted octanol–water partition coefficient (Wildman–Crippen LogP) is 3.07. The summed E-state index contributed by atoms with van der Waals surface area (Å²) in [6, 6.07) is 0. The fourth-order valence-electron chi connectivity index (χ4n) is 2.26. The number of thioether (sulfide) groups is 1. The molecule has 1 aromatic heterocycles. The Morgan fingerprint density at radius 3 is 3.12 bits per heavy atom. The molecule has 3 nitrogen and oxygen atoms in total. The van der Waals surface area contributed by atoms with Gasteiger partial charge in [-0.2, -0.15) is 4.37 Å². The third-order valence-corrected chi connectivity index (χ3v) is 5.11. The zero-order chi connectivity index (χ0) is 11.5. The van der Waals surface area contributed by atoms with Crippen molar-refractivity contribution in [1.82, 2.24) is 4.37 Å². The van der Waals surface area contributed by atoms with Crippen LogP contribution in [-0.2, 0) is 0 Å². The highest BCUT2D eigenvalue weighted by molar-refractivity contribution is 7.99. The van der Waals surface area contributed by atoms with E-state index in [0.29, 0.717) is 5.82 Å². The second-order valence-corrected chi connectivity index (χ2v) is 5.84. The minimum Gasteiger partial charge on any atom is -0.382 e. The molecule has 2 N–H and O–H groups in total. The van der Waals surface area contributed by atoms with Gasteiger partial charge in [0, 0.05) is 13.1 Å². The highest BCUT2D eigenvalue weighted by Crippen LogP contribution is 2.39. The topological polar surface area (TPSA) is 42.2 Å². The first-order chi connectivity index (χ1) is 7.76. The summed E-state index contributed by atoms with van der Waals surface area (Å²) in [4.78, 5) is 3.64. The summed E-state index contributed by atoms with van der Waals surface area (Å²) in [6.45, 7) is 4.61. The molecule has 1 aliphatic rings. The zero-order valence-electron chi connectivity index (χ0n) is 9.90. The van der Waals surface area contributed by atoms with Crippen LogP contribution >= 0.6 is 23.3 Å². The Labute approximate surface area is 106 Å². The summed E-state index contributed by atoms with van der Waals surface area (Å²) in [5.74, 6) is 1.54. The van der Waals surface area contributed by atoms with E-state index in [-0.39, 0.29) is 0 Å². The average molecular weight is 257 g/mol. The standard InChI is InChI=1S/C11H19N3S2/c1-3-8-5-4-6-14(7-8)11-9(15-2)10(12)13-16-11/h8H,3-7H2,1-2H3,(H2,12,13). The fourth-order valence-corrected chi connectivity index (χ4v) is 3.98. The highest BCUT2D eigenvalue weighted by atomic mass is 32.2. The van der Waals surface area contributed by atoms with Gasteiger partial charge in [-0.25, -0.2) is 0 Å². The van der Waals surface area contributed by atoms with Gasteiger partial charge in [-0.1, -0.05) is 13.3 Å². The molecule has 1 aliphatic heterocycles. The van der Waals surface area contributed by atoms with E-state index in [0.717, 1.165) is 12.5 Å². The van der Waals surface area contributed by atoms with Crippen molar-refractivity contribution in [2.75, 3.05) is 30.0 Å². The zero-order valence-corrected chi connectivity index (χ0v) is 11.5. The van der Waals surface area contributed by atoms with Crippen LogP contribution in [0.25, 0.3) is 0 Å². The van der Waals surface area contributed by atoms with E-state index in [9.17, 15) is 0 Å². The Bertz CT molecular complexity index is 351. The van der Waals surface area contributed by atoms with Gasteiger partial charge >= 0.3 is 0 Å². The SMILES string of the molecule is CCC1CCCN(c2snc(N)c2SC)C1. The summed E-state index contributed by atoms with van der Waals surface area (Å²) < 4.78 is 4.27. The van der Waals surface area contributed by atoms with Crippen molar-refractivity contribution in [3.8, 4) is 0 Å². The number of nitrogens with zero attached hydrogens (tertiary/aromatic N) is 2. The highest BCUT2D eigenvalue weighted by Gasteiger charge is 2.23. The number of nitrogen functional groups attached to an aromatic ring is 1.